The number of anilines is 1. The highest BCUT2D eigenvalue weighted by atomic mass is 32.1. The van der Waals surface area contributed by atoms with E-state index in [0.29, 0.717) is 10.6 Å². The smallest absolute Gasteiger partial charge is 0.313 e. The molecule has 0 radical (unpaired) electrons. The fourth-order valence-corrected chi connectivity index (χ4v) is 3.85. The van der Waals surface area contributed by atoms with Crippen molar-refractivity contribution >= 4 is 45.5 Å². The second kappa shape index (κ2) is 8.30. The van der Waals surface area contributed by atoms with Crippen molar-refractivity contribution in [3.05, 3.63) is 82.1 Å². The van der Waals surface area contributed by atoms with Crippen LogP contribution in [-0.2, 0) is 16.1 Å². The quantitative estimate of drug-likeness (QED) is 0.380. The van der Waals surface area contributed by atoms with Gasteiger partial charge in [-0.05, 0) is 43.3 Å². The van der Waals surface area contributed by atoms with Crippen molar-refractivity contribution in [3.63, 3.8) is 0 Å². The van der Waals surface area contributed by atoms with Crippen molar-refractivity contribution < 1.29 is 18.8 Å². The molecule has 8 heteroatoms. The minimum atomic E-state index is -0.769. The predicted octanol–water partition coefficient (Wildman–Crippen LogP) is 3.68. The number of carbonyl (C=O) groups excluding carboxylic acids is 3. The average molecular weight is 419 g/mol. The monoisotopic (exact) mass is 419 g/mol. The zero-order chi connectivity index (χ0) is 21.1. The fourth-order valence-electron chi connectivity index (χ4n) is 2.96. The first-order valence-electron chi connectivity index (χ1n) is 9.14. The fraction of sp³-hybridized carbons (Fsp3) is 0.0909. The topological polar surface area (TPSA) is 101 Å². The molecule has 30 heavy (non-hydrogen) atoms. The minimum Gasteiger partial charge on any atom is -0.461 e. The zero-order valence-corrected chi connectivity index (χ0v) is 16.8. The Morgan fingerprint density at radius 1 is 1.03 bits per heavy atom. The molecule has 4 rings (SSSR count). The van der Waals surface area contributed by atoms with Crippen LogP contribution < -0.4 is 10.6 Å². The molecule has 3 heterocycles. The summed E-state index contributed by atoms with van der Waals surface area (Å²) in [7, 11) is 0. The number of para-hydroxylation sites is 1. The molecule has 3 aromatic heterocycles. The molecule has 4 aromatic rings. The van der Waals surface area contributed by atoms with Gasteiger partial charge in [-0.25, -0.2) is 0 Å². The minimum absolute atomic E-state index is 0.137. The van der Waals surface area contributed by atoms with E-state index in [1.807, 2.05) is 31.2 Å². The maximum Gasteiger partial charge on any atom is 0.313 e. The van der Waals surface area contributed by atoms with Gasteiger partial charge in [0.1, 0.15) is 0 Å². The van der Waals surface area contributed by atoms with E-state index in [0.717, 1.165) is 21.5 Å². The van der Waals surface area contributed by atoms with E-state index in [1.54, 1.807) is 30.3 Å². The summed E-state index contributed by atoms with van der Waals surface area (Å²) in [6.45, 7) is 1.96. The molecule has 0 unspecified atom stereocenters. The molecule has 0 saturated heterocycles. The Balaban J connectivity index is 1.39. The molecule has 2 N–H and O–H groups in total. The van der Waals surface area contributed by atoms with Gasteiger partial charge in [0, 0.05) is 16.0 Å². The first kappa shape index (κ1) is 19.5. The molecule has 0 aliphatic carbocycles. The summed E-state index contributed by atoms with van der Waals surface area (Å²) < 4.78 is 5.11. The van der Waals surface area contributed by atoms with Crippen LogP contribution in [0.5, 0.6) is 0 Å². The maximum atomic E-state index is 12.4. The lowest BCUT2D eigenvalue weighted by Gasteiger charge is -2.09. The Hall–Kier alpha value is -3.78. The summed E-state index contributed by atoms with van der Waals surface area (Å²) in [4.78, 5) is 42.5. The van der Waals surface area contributed by atoms with Gasteiger partial charge in [0.15, 0.2) is 5.76 Å². The molecule has 150 valence electrons. The van der Waals surface area contributed by atoms with Gasteiger partial charge in [-0.15, -0.1) is 11.3 Å². The lowest BCUT2D eigenvalue weighted by atomic mass is 10.1. The molecule has 0 atom stereocenters. The summed E-state index contributed by atoms with van der Waals surface area (Å²) in [5, 5.41) is 5.98. The molecule has 0 saturated carbocycles. The number of rotatable bonds is 5. The number of thiophene rings is 1. The number of carbonyl (C=O) groups is 3. The van der Waals surface area contributed by atoms with Crippen molar-refractivity contribution in [3.8, 4) is 0 Å². The van der Waals surface area contributed by atoms with Gasteiger partial charge in [-0.3, -0.25) is 19.4 Å². The number of amides is 2. The number of aromatic nitrogens is 1. The first-order valence-corrected chi connectivity index (χ1v) is 9.95. The molecule has 0 fully saturated rings. The molecular weight excluding hydrogens is 402 g/mol. The second-order valence-electron chi connectivity index (χ2n) is 6.54. The largest absolute Gasteiger partial charge is 0.461 e. The number of furan rings is 1. The molecular formula is C22H17N3O4S. The van der Waals surface area contributed by atoms with Gasteiger partial charge in [0.05, 0.1) is 28.9 Å². The highest BCUT2D eigenvalue weighted by molar-refractivity contribution is 7.14. The molecule has 1 aromatic carbocycles. The molecule has 0 aliphatic heterocycles. The van der Waals surface area contributed by atoms with E-state index in [4.69, 9.17) is 4.42 Å². The van der Waals surface area contributed by atoms with Crippen molar-refractivity contribution in [1.29, 1.82) is 0 Å². The number of nitrogens with zero attached hydrogens (tertiary/aromatic N) is 1. The summed E-state index contributed by atoms with van der Waals surface area (Å²) >= 11 is 1.24. The van der Waals surface area contributed by atoms with Gasteiger partial charge >= 0.3 is 11.8 Å². The van der Waals surface area contributed by atoms with Gasteiger partial charge in [0.25, 0.3) is 0 Å². The number of nitrogens with one attached hydrogen (secondary N) is 2. The van der Waals surface area contributed by atoms with Crippen LogP contribution in [0, 0.1) is 6.92 Å². The van der Waals surface area contributed by atoms with Gasteiger partial charge in [-0.1, -0.05) is 18.2 Å². The standard InChI is InChI=1S/C22H17N3O4S/c1-13-11-17(15-5-2-3-6-16(15)24-13)25-22(28)21(27)23-12-14-8-9-19(30-14)20(26)18-7-4-10-29-18/h2-11H,12H2,1H3,(H,23,27)(H,24,25,28). The lowest BCUT2D eigenvalue weighted by molar-refractivity contribution is -0.136. The summed E-state index contributed by atoms with van der Waals surface area (Å²) in [6.07, 6.45) is 1.44. The van der Waals surface area contributed by atoms with E-state index in [-0.39, 0.29) is 18.1 Å². The normalized spacial score (nSPS) is 10.7. The van der Waals surface area contributed by atoms with Crippen LogP contribution in [0.2, 0.25) is 0 Å². The van der Waals surface area contributed by atoms with Gasteiger partial charge in [-0.2, -0.15) is 0 Å². The molecule has 0 aliphatic rings. The van der Waals surface area contributed by atoms with E-state index < -0.39 is 11.8 Å². The van der Waals surface area contributed by atoms with E-state index in [9.17, 15) is 14.4 Å². The number of fused-ring (bicyclic) bond motifs is 1. The Morgan fingerprint density at radius 3 is 2.67 bits per heavy atom. The van der Waals surface area contributed by atoms with Crippen LogP contribution in [0.25, 0.3) is 10.9 Å². The van der Waals surface area contributed by atoms with E-state index in [2.05, 4.69) is 15.6 Å². The second-order valence-corrected chi connectivity index (χ2v) is 7.71. The van der Waals surface area contributed by atoms with Crippen molar-refractivity contribution in [1.82, 2.24) is 10.3 Å². The van der Waals surface area contributed by atoms with Crippen molar-refractivity contribution in [2.24, 2.45) is 0 Å². The summed E-state index contributed by atoms with van der Waals surface area (Å²) in [5.41, 5.74) is 2.00. The van der Waals surface area contributed by atoms with Gasteiger partial charge < -0.3 is 15.1 Å². The number of aryl methyl sites for hydroxylation is 1. The van der Waals surface area contributed by atoms with Crippen LogP contribution in [0.4, 0.5) is 5.69 Å². The molecule has 2 amide bonds. The number of hydrogen-bond donors (Lipinski definition) is 2. The van der Waals surface area contributed by atoms with E-state index >= 15 is 0 Å². The summed E-state index contributed by atoms with van der Waals surface area (Å²) in [5.74, 6) is -1.50. The highest BCUT2D eigenvalue weighted by Gasteiger charge is 2.17. The van der Waals surface area contributed by atoms with Gasteiger partial charge in [0.2, 0.25) is 5.78 Å². The number of benzene rings is 1. The third-order valence-corrected chi connectivity index (χ3v) is 5.44. The van der Waals surface area contributed by atoms with Crippen LogP contribution in [0.15, 0.2) is 65.3 Å². The van der Waals surface area contributed by atoms with Crippen molar-refractivity contribution in [2.75, 3.05) is 5.32 Å². The SMILES string of the molecule is Cc1cc(NC(=O)C(=O)NCc2ccc(C(=O)c3ccco3)s2)c2ccccc2n1. The first-order chi connectivity index (χ1) is 14.5. The van der Waals surface area contributed by atoms with Crippen molar-refractivity contribution in [2.45, 2.75) is 13.5 Å². The number of ketones is 1. The van der Waals surface area contributed by atoms with Crippen LogP contribution in [0.3, 0.4) is 0 Å². The Bertz CT molecular complexity index is 1240. The molecule has 0 bridgehead atoms. The Morgan fingerprint density at radius 2 is 1.87 bits per heavy atom. The Kier molecular flexibility index (Phi) is 5.40. The average Bonchev–Trinajstić information content (AvgIpc) is 3.43. The van der Waals surface area contributed by atoms with E-state index in [1.165, 1.54) is 17.6 Å². The lowest BCUT2D eigenvalue weighted by Crippen LogP contribution is -2.34. The number of hydrogen-bond acceptors (Lipinski definition) is 6. The predicted molar refractivity (Wildman–Crippen MR) is 113 cm³/mol. The van der Waals surface area contributed by atoms with Crippen LogP contribution >= 0.6 is 11.3 Å². The Labute approximate surface area is 175 Å². The van der Waals surface area contributed by atoms with Crippen LogP contribution in [0.1, 0.15) is 26.0 Å². The zero-order valence-electron chi connectivity index (χ0n) is 16.0. The highest BCUT2D eigenvalue weighted by Crippen LogP contribution is 2.23. The molecule has 0 spiro atoms. The number of pyridine rings is 1. The van der Waals surface area contributed by atoms with Crippen LogP contribution in [-0.4, -0.2) is 22.6 Å². The maximum absolute atomic E-state index is 12.4. The third kappa shape index (κ3) is 4.13. The molecule has 7 nitrogen and oxygen atoms in total. The third-order valence-electron chi connectivity index (χ3n) is 4.35. The summed E-state index contributed by atoms with van der Waals surface area (Å²) in [6, 6.07) is 15.7.